The van der Waals surface area contributed by atoms with E-state index in [1.165, 1.54) is 0 Å². The number of carboxylic acids is 2. The first-order valence-electron chi connectivity index (χ1n) is 6.09. The minimum atomic E-state index is -1.44. The van der Waals surface area contributed by atoms with E-state index in [0.29, 0.717) is 6.61 Å². The third kappa shape index (κ3) is 6.05. The largest absolute Gasteiger partial charge is 0.481 e. The van der Waals surface area contributed by atoms with Crippen LogP contribution in [-0.2, 0) is 14.3 Å². The number of ether oxygens (including phenoxy) is 1. The van der Waals surface area contributed by atoms with Crippen molar-refractivity contribution in [2.45, 2.75) is 37.8 Å². The standard InChI is InChI=1S/C11H18N2O6/c14-9(15)5-8(10(16)17)13-11(18)12-6-7-3-1-2-4-19-7/h7-8H,1-6H2,(H,14,15)(H,16,17)(H2,12,13,18)/t7?,8-/m0/s1. The van der Waals surface area contributed by atoms with Gasteiger partial charge >= 0.3 is 18.0 Å². The molecule has 108 valence electrons. The fourth-order valence-corrected chi connectivity index (χ4v) is 1.76. The summed E-state index contributed by atoms with van der Waals surface area (Å²) >= 11 is 0. The molecule has 0 aromatic heterocycles. The van der Waals surface area contributed by atoms with Crippen molar-refractivity contribution >= 4 is 18.0 Å². The van der Waals surface area contributed by atoms with E-state index in [2.05, 4.69) is 10.6 Å². The lowest BCUT2D eigenvalue weighted by atomic mass is 10.1. The molecule has 0 radical (unpaired) electrons. The van der Waals surface area contributed by atoms with Gasteiger partial charge in [-0.3, -0.25) is 4.79 Å². The second kappa shape index (κ2) is 7.57. The molecule has 0 saturated carbocycles. The van der Waals surface area contributed by atoms with E-state index in [1.807, 2.05) is 0 Å². The molecule has 4 N–H and O–H groups in total. The van der Waals surface area contributed by atoms with Crippen LogP contribution in [0.25, 0.3) is 0 Å². The minimum absolute atomic E-state index is 0.0674. The van der Waals surface area contributed by atoms with Gasteiger partial charge in [0.1, 0.15) is 6.04 Å². The Labute approximate surface area is 110 Å². The summed E-state index contributed by atoms with van der Waals surface area (Å²) < 4.78 is 5.39. The van der Waals surface area contributed by atoms with Crippen molar-refractivity contribution in [3.05, 3.63) is 0 Å². The lowest BCUT2D eigenvalue weighted by Gasteiger charge is -2.23. The van der Waals surface area contributed by atoms with Crippen LogP contribution in [0.1, 0.15) is 25.7 Å². The Balaban J connectivity index is 2.31. The molecule has 0 aromatic rings. The number of carbonyl (C=O) groups is 3. The maximum atomic E-state index is 11.4. The molecule has 2 amide bonds. The van der Waals surface area contributed by atoms with Gasteiger partial charge in [-0.25, -0.2) is 9.59 Å². The summed E-state index contributed by atoms with van der Waals surface area (Å²) in [4.78, 5) is 32.6. The Hall–Kier alpha value is -1.83. The summed E-state index contributed by atoms with van der Waals surface area (Å²) in [5.74, 6) is -2.67. The molecule has 1 saturated heterocycles. The van der Waals surface area contributed by atoms with E-state index in [-0.39, 0.29) is 12.6 Å². The van der Waals surface area contributed by atoms with Gasteiger partial charge in [-0.2, -0.15) is 0 Å². The molecule has 2 atom stereocenters. The molecule has 0 aliphatic carbocycles. The van der Waals surface area contributed by atoms with E-state index in [9.17, 15) is 14.4 Å². The van der Waals surface area contributed by atoms with Gasteiger partial charge in [-0.05, 0) is 19.3 Å². The van der Waals surface area contributed by atoms with Crippen LogP contribution in [0.2, 0.25) is 0 Å². The first-order chi connectivity index (χ1) is 8.99. The average Bonchev–Trinajstić information content (AvgIpc) is 2.36. The molecule has 1 rings (SSSR count). The third-order valence-corrected chi connectivity index (χ3v) is 2.75. The second-order valence-corrected chi connectivity index (χ2v) is 4.33. The Bertz CT molecular complexity index is 340. The first-order valence-corrected chi connectivity index (χ1v) is 6.09. The van der Waals surface area contributed by atoms with Gasteiger partial charge in [0.25, 0.3) is 0 Å². The second-order valence-electron chi connectivity index (χ2n) is 4.33. The molecule has 19 heavy (non-hydrogen) atoms. The zero-order chi connectivity index (χ0) is 14.3. The van der Waals surface area contributed by atoms with Crippen LogP contribution < -0.4 is 10.6 Å². The van der Waals surface area contributed by atoms with Crippen molar-refractivity contribution in [1.29, 1.82) is 0 Å². The molecule has 0 bridgehead atoms. The number of carboxylic acid groups (broad SMARTS) is 2. The molecule has 0 spiro atoms. The maximum Gasteiger partial charge on any atom is 0.326 e. The number of rotatable bonds is 6. The molecule has 1 fully saturated rings. The minimum Gasteiger partial charge on any atom is -0.481 e. The highest BCUT2D eigenvalue weighted by Crippen LogP contribution is 2.11. The summed E-state index contributed by atoms with van der Waals surface area (Å²) in [5.41, 5.74) is 0. The summed E-state index contributed by atoms with van der Waals surface area (Å²) in [6, 6.07) is -2.15. The molecule has 1 unspecified atom stereocenters. The topological polar surface area (TPSA) is 125 Å². The summed E-state index contributed by atoms with van der Waals surface area (Å²) in [7, 11) is 0. The lowest BCUT2D eigenvalue weighted by Crippen LogP contribution is -2.48. The smallest absolute Gasteiger partial charge is 0.326 e. The number of urea groups is 1. The number of hydrogen-bond acceptors (Lipinski definition) is 4. The predicted molar refractivity (Wildman–Crippen MR) is 63.8 cm³/mol. The SMILES string of the molecule is O=C(O)C[C@H](NC(=O)NCC1CCCCO1)C(=O)O. The van der Waals surface area contributed by atoms with Gasteiger partial charge in [-0.15, -0.1) is 0 Å². The Kier molecular flexibility index (Phi) is 6.07. The predicted octanol–water partition coefficient (Wildman–Crippen LogP) is -0.217. The van der Waals surface area contributed by atoms with Crippen LogP contribution in [0.15, 0.2) is 0 Å². The molecular weight excluding hydrogens is 256 g/mol. The fourth-order valence-electron chi connectivity index (χ4n) is 1.76. The van der Waals surface area contributed by atoms with Gasteiger partial charge in [0, 0.05) is 13.2 Å². The van der Waals surface area contributed by atoms with E-state index >= 15 is 0 Å². The van der Waals surface area contributed by atoms with E-state index in [1.54, 1.807) is 0 Å². The van der Waals surface area contributed by atoms with Crippen LogP contribution >= 0.6 is 0 Å². The number of aliphatic carboxylic acids is 2. The van der Waals surface area contributed by atoms with Crippen molar-refractivity contribution in [2.24, 2.45) is 0 Å². The van der Waals surface area contributed by atoms with Crippen LogP contribution in [0.5, 0.6) is 0 Å². The zero-order valence-electron chi connectivity index (χ0n) is 10.4. The Morgan fingerprint density at radius 2 is 2.00 bits per heavy atom. The zero-order valence-corrected chi connectivity index (χ0v) is 10.4. The molecule has 0 aromatic carbocycles. The van der Waals surface area contributed by atoms with Crippen LogP contribution in [-0.4, -0.2) is 53.5 Å². The van der Waals surface area contributed by atoms with Crippen LogP contribution in [0.4, 0.5) is 4.79 Å². The third-order valence-electron chi connectivity index (χ3n) is 2.75. The maximum absolute atomic E-state index is 11.4. The van der Waals surface area contributed by atoms with Gasteiger partial charge in [0.05, 0.1) is 12.5 Å². The molecular formula is C11H18N2O6. The van der Waals surface area contributed by atoms with Gasteiger partial charge < -0.3 is 25.6 Å². The summed E-state index contributed by atoms with van der Waals surface area (Å²) in [6.45, 7) is 0.940. The molecule has 8 heteroatoms. The molecule has 8 nitrogen and oxygen atoms in total. The van der Waals surface area contributed by atoms with Crippen LogP contribution in [0.3, 0.4) is 0 Å². The first kappa shape index (κ1) is 15.2. The quantitative estimate of drug-likeness (QED) is 0.531. The van der Waals surface area contributed by atoms with Crippen molar-refractivity contribution in [1.82, 2.24) is 10.6 Å². The van der Waals surface area contributed by atoms with E-state index in [0.717, 1.165) is 19.3 Å². The average molecular weight is 274 g/mol. The van der Waals surface area contributed by atoms with Gasteiger partial charge in [0.2, 0.25) is 0 Å². The number of carbonyl (C=O) groups excluding carboxylic acids is 1. The van der Waals surface area contributed by atoms with Crippen molar-refractivity contribution in [2.75, 3.05) is 13.2 Å². The highest BCUT2D eigenvalue weighted by molar-refractivity contribution is 5.86. The molecule has 1 heterocycles. The highest BCUT2D eigenvalue weighted by atomic mass is 16.5. The van der Waals surface area contributed by atoms with Crippen molar-refractivity contribution < 1.29 is 29.3 Å². The van der Waals surface area contributed by atoms with Crippen LogP contribution in [0, 0.1) is 0 Å². The molecule has 1 aliphatic heterocycles. The summed E-state index contributed by atoms with van der Waals surface area (Å²) in [6.07, 6.45) is 2.15. The summed E-state index contributed by atoms with van der Waals surface area (Å²) in [5, 5.41) is 21.9. The Morgan fingerprint density at radius 1 is 1.26 bits per heavy atom. The lowest BCUT2D eigenvalue weighted by molar-refractivity contribution is -0.145. The molecule has 1 aliphatic rings. The number of amides is 2. The van der Waals surface area contributed by atoms with Crippen molar-refractivity contribution in [3.63, 3.8) is 0 Å². The van der Waals surface area contributed by atoms with E-state index < -0.39 is 30.4 Å². The number of hydrogen-bond donors (Lipinski definition) is 4. The van der Waals surface area contributed by atoms with Gasteiger partial charge in [0.15, 0.2) is 0 Å². The number of nitrogens with one attached hydrogen (secondary N) is 2. The Morgan fingerprint density at radius 3 is 2.53 bits per heavy atom. The fraction of sp³-hybridized carbons (Fsp3) is 0.727. The highest BCUT2D eigenvalue weighted by Gasteiger charge is 2.23. The van der Waals surface area contributed by atoms with Gasteiger partial charge in [-0.1, -0.05) is 0 Å². The van der Waals surface area contributed by atoms with E-state index in [4.69, 9.17) is 14.9 Å². The monoisotopic (exact) mass is 274 g/mol. The van der Waals surface area contributed by atoms with Crippen molar-refractivity contribution in [3.8, 4) is 0 Å². The normalized spacial score (nSPS) is 20.3.